The molecule has 6 nitrogen and oxygen atoms in total. The van der Waals surface area contributed by atoms with E-state index in [0.29, 0.717) is 25.0 Å². The minimum Gasteiger partial charge on any atom is -0.335 e. The molecule has 2 heterocycles. The Kier molecular flexibility index (Phi) is 8.39. The molecule has 4 rings (SSSR count). The zero-order chi connectivity index (χ0) is 25.5. The second-order valence-electron chi connectivity index (χ2n) is 9.07. The van der Waals surface area contributed by atoms with Gasteiger partial charge < -0.3 is 15.2 Å². The maximum atomic E-state index is 13.9. The first-order chi connectivity index (χ1) is 16.5. The summed E-state index contributed by atoms with van der Waals surface area (Å²) in [4.78, 5) is 30.7. The van der Waals surface area contributed by atoms with E-state index in [1.54, 1.807) is 0 Å². The van der Waals surface area contributed by atoms with Crippen LogP contribution in [0.2, 0.25) is 0 Å². The largest absolute Gasteiger partial charge is 0.449 e. The highest BCUT2D eigenvalue weighted by atomic mass is 35.5. The number of hydrogen-bond acceptors (Lipinski definition) is 4. The maximum Gasteiger partial charge on any atom is 0.449 e. The highest BCUT2D eigenvalue weighted by Gasteiger charge is 2.42. The third kappa shape index (κ3) is 5.69. The minimum atomic E-state index is -4.76. The molecule has 1 aliphatic carbocycles. The van der Waals surface area contributed by atoms with Crippen LogP contribution in [-0.4, -0.2) is 38.7 Å². The molecule has 0 spiro atoms. The number of carbonyl (C=O) groups excluding carboxylic acids is 2. The number of ketones is 1. The van der Waals surface area contributed by atoms with E-state index in [9.17, 15) is 35.9 Å². The average molecular weight is 539 g/mol. The first-order valence-corrected chi connectivity index (χ1v) is 11.3. The van der Waals surface area contributed by atoms with Gasteiger partial charge in [0, 0.05) is 37.5 Å². The lowest BCUT2D eigenvalue weighted by Crippen LogP contribution is -2.42. The van der Waals surface area contributed by atoms with Crippen molar-refractivity contribution in [3.8, 4) is 0 Å². The Morgan fingerprint density at radius 2 is 1.69 bits per heavy atom. The zero-order valence-corrected chi connectivity index (χ0v) is 19.9. The van der Waals surface area contributed by atoms with E-state index in [4.69, 9.17) is 5.73 Å². The lowest BCUT2D eigenvalue weighted by atomic mass is 9.98. The fourth-order valence-corrected chi connectivity index (χ4v) is 4.80. The number of aromatic nitrogens is 2. The third-order valence-electron chi connectivity index (χ3n) is 6.58. The quantitative estimate of drug-likeness (QED) is 0.335. The number of alkyl halides is 3. The highest BCUT2D eigenvalue weighted by Crippen LogP contribution is 2.35. The molecule has 0 radical (unpaired) electrons. The van der Waals surface area contributed by atoms with Gasteiger partial charge in [0.2, 0.25) is 11.7 Å². The predicted octanol–water partition coefficient (Wildman–Crippen LogP) is 4.42. The molecule has 2 aliphatic rings. The molecule has 1 aromatic carbocycles. The van der Waals surface area contributed by atoms with Crippen LogP contribution in [0.3, 0.4) is 0 Å². The standard InChI is InChI=1S/C23H24F6N4O2.ClH/c24-15-10-17(26)16(25)8-13(15)7-14(30)9-19(34)32-5-6-33-18(11-32)20(31-22(33)23(27,28)29)21(35)12-3-1-2-4-12;/h8,10,12,14H,1-7,9,11,30H2;1H. The van der Waals surface area contributed by atoms with Crippen molar-refractivity contribution in [3.05, 3.63) is 52.4 Å². The second kappa shape index (κ2) is 10.8. The van der Waals surface area contributed by atoms with Crippen molar-refractivity contribution in [1.82, 2.24) is 14.5 Å². The van der Waals surface area contributed by atoms with Gasteiger partial charge in [-0.1, -0.05) is 12.8 Å². The molecule has 0 bridgehead atoms. The topological polar surface area (TPSA) is 81.2 Å². The molecule has 1 unspecified atom stereocenters. The van der Waals surface area contributed by atoms with Crippen LogP contribution in [0.4, 0.5) is 26.3 Å². The van der Waals surface area contributed by atoms with Crippen LogP contribution < -0.4 is 5.73 Å². The molecule has 1 amide bonds. The van der Waals surface area contributed by atoms with Crippen LogP contribution in [0, 0.1) is 23.4 Å². The summed E-state index contributed by atoms with van der Waals surface area (Å²) in [6.45, 7) is -0.509. The van der Waals surface area contributed by atoms with Crippen molar-refractivity contribution in [2.24, 2.45) is 11.7 Å². The van der Waals surface area contributed by atoms with Crippen LogP contribution in [0.1, 0.15) is 59.7 Å². The van der Waals surface area contributed by atoms with E-state index >= 15 is 0 Å². The van der Waals surface area contributed by atoms with Crippen molar-refractivity contribution >= 4 is 24.1 Å². The molecule has 1 aromatic heterocycles. The number of imidazole rings is 1. The summed E-state index contributed by atoms with van der Waals surface area (Å²) < 4.78 is 82.1. The second-order valence-corrected chi connectivity index (χ2v) is 9.07. The number of hydrogen-bond donors (Lipinski definition) is 1. The number of Topliss-reactive ketones (excluding diaryl/α,β-unsaturated/α-hetero) is 1. The van der Waals surface area contributed by atoms with E-state index in [1.807, 2.05) is 0 Å². The van der Waals surface area contributed by atoms with E-state index in [0.717, 1.165) is 17.4 Å². The smallest absolute Gasteiger partial charge is 0.335 e. The minimum absolute atomic E-state index is 0. The number of nitrogens with zero attached hydrogens (tertiary/aromatic N) is 3. The van der Waals surface area contributed by atoms with Crippen LogP contribution in [0.5, 0.6) is 0 Å². The van der Waals surface area contributed by atoms with Crippen molar-refractivity contribution in [3.63, 3.8) is 0 Å². The van der Waals surface area contributed by atoms with Gasteiger partial charge in [0.05, 0.1) is 12.2 Å². The Morgan fingerprint density at radius 3 is 2.33 bits per heavy atom. The van der Waals surface area contributed by atoms with Crippen molar-refractivity contribution < 1.29 is 35.9 Å². The fraction of sp³-hybridized carbons (Fsp3) is 0.522. The summed E-state index contributed by atoms with van der Waals surface area (Å²) in [5.74, 6) is -6.09. The zero-order valence-electron chi connectivity index (χ0n) is 19.1. The van der Waals surface area contributed by atoms with Gasteiger partial charge in [0.1, 0.15) is 11.5 Å². The normalized spacial score (nSPS) is 17.0. The number of halogens is 7. The average Bonchev–Trinajstić information content (AvgIpc) is 3.44. The molecule has 1 fully saturated rings. The Balaban J connectivity index is 0.00000361. The Bertz CT molecular complexity index is 1150. The maximum absolute atomic E-state index is 13.9. The molecule has 2 N–H and O–H groups in total. The number of benzene rings is 1. The molecule has 36 heavy (non-hydrogen) atoms. The molecule has 1 saturated carbocycles. The molecule has 1 aliphatic heterocycles. The SMILES string of the molecule is Cl.NC(CC(=O)N1CCn2c(C(F)(F)F)nc(C(=O)C3CCCC3)c2C1)Cc1cc(F)c(F)cc1F. The van der Waals surface area contributed by atoms with Gasteiger partial charge in [-0.25, -0.2) is 18.2 Å². The van der Waals surface area contributed by atoms with Gasteiger partial charge in [0.15, 0.2) is 17.4 Å². The van der Waals surface area contributed by atoms with Gasteiger partial charge in [-0.05, 0) is 30.9 Å². The lowest BCUT2D eigenvalue weighted by Gasteiger charge is -2.30. The van der Waals surface area contributed by atoms with E-state index < -0.39 is 47.2 Å². The Morgan fingerprint density at radius 1 is 1.06 bits per heavy atom. The lowest BCUT2D eigenvalue weighted by molar-refractivity contribution is -0.148. The number of carbonyl (C=O) groups is 2. The number of fused-ring (bicyclic) bond motifs is 1. The van der Waals surface area contributed by atoms with Gasteiger partial charge in [-0.15, -0.1) is 12.4 Å². The van der Waals surface area contributed by atoms with Crippen LogP contribution in [0.25, 0.3) is 0 Å². The molecule has 1 atom stereocenters. The van der Waals surface area contributed by atoms with Crippen molar-refractivity contribution in [2.45, 2.75) is 63.8 Å². The molecule has 0 saturated heterocycles. The summed E-state index contributed by atoms with van der Waals surface area (Å²) in [6, 6.07) is 0.124. The Labute approximate surface area is 209 Å². The highest BCUT2D eigenvalue weighted by molar-refractivity contribution is 5.97. The molecular weight excluding hydrogens is 514 g/mol. The van der Waals surface area contributed by atoms with E-state index in [2.05, 4.69) is 4.98 Å². The molecule has 2 aromatic rings. The van der Waals surface area contributed by atoms with Crippen LogP contribution in [-0.2, 0) is 30.5 Å². The number of rotatable bonds is 6. The first kappa shape index (κ1) is 28.0. The third-order valence-corrected chi connectivity index (χ3v) is 6.58. The monoisotopic (exact) mass is 538 g/mol. The first-order valence-electron chi connectivity index (χ1n) is 11.3. The van der Waals surface area contributed by atoms with Crippen molar-refractivity contribution in [2.75, 3.05) is 6.54 Å². The summed E-state index contributed by atoms with van der Waals surface area (Å²) in [7, 11) is 0. The molecular formula is C23H25ClF6N4O2. The van der Waals surface area contributed by atoms with Crippen LogP contribution in [0.15, 0.2) is 12.1 Å². The summed E-state index contributed by atoms with van der Waals surface area (Å²) in [5, 5.41) is 0. The fourth-order valence-electron chi connectivity index (χ4n) is 4.80. The van der Waals surface area contributed by atoms with E-state index in [-0.39, 0.29) is 67.8 Å². The summed E-state index contributed by atoms with van der Waals surface area (Å²) >= 11 is 0. The Hall–Kier alpha value is -2.60. The van der Waals surface area contributed by atoms with Crippen molar-refractivity contribution in [1.29, 1.82) is 0 Å². The number of amides is 1. The summed E-state index contributed by atoms with van der Waals surface area (Å²) in [5.41, 5.74) is 5.52. The van der Waals surface area contributed by atoms with Gasteiger partial charge >= 0.3 is 6.18 Å². The van der Waals surface area contributed by atoms with Gasteiger partial charge in [-0.3, -0.25) is 9.59 Å². The van der Waals surface area contributed by atoms with Gasteiger partial charge in [0.25, 0.3) is 0 Å². The van der Waals surface area contributed by atoms with E-state index in [1.165, 1.54) is 4.90 Å². The molecule has 13 heteroatoms. The number of nitrogens with two attached hydrogens (primary N) is 1. The molecule has 198 valence electrons. The summed E-state index contributed by atoms with van der Waals surface area (Å²) in [6.07, 6.45) is -2.49. The van der Waals surface area contributed by atoms with Gasteiger partial charge in [-0.2, -0.15) is 13.2 Å². The van der Waals surface area contributed by atoms with Crippen LogP contribution >= 0.6 is 12.4 Å². The predicted molar refractivity (Wildman–Crippen MR) is 119 cm³/mol.